The lowest BCUT2D eigenvalue weighted by atomic mass is 10.1. The third-order valence-electron chi connectivity index (χ3n) is 4.16. The number of hydrogen-bond acceptors (Lipinski definition) is 6. The molecule has 0 unspecified atom stereocenters. The van der Waals surface area contributed by atoms with E-state index in [9.17, 15) is 27.9 Å². The number of benzene rings is 2. The monoisotopic (exact) mass is 388 g/mol. The number of hydrogen-bond donors (Lipinski definition) is 2. The van der Waals surface area contributed by atoms with E-state index in [1.54, 1.807) is 12.1 Å². The second-order valence-corrected chi connectivity index (χ2v) is 8.15. The number of sulfone groups is 1. The summed E-state index contributed by atoms with van der Waals surface area (Å²) in [5.74, 6) is -2.39. The lowest BCUT2D eigenvalue weighted by Crippen LogP contribution is -2.37. The maximum atomic E-state index is 12.3. The van der Waals surface area contributed by atoms with Crippen molar-refractivity contribution in [2.24, 2.45) is 0 Å². The molecule has 140 valence electrons. The van der Waals surface area contributed by atoms with Crippen LogP contribution in [-0.2, 0) is 14.6 Å². The lowest BCUT2D eigenvalue weighted by Gasteiger charge is -2.14. The zero-order valence-corrected chi connectivity index (χ0v) is 15.1. The molecular formula is C18H16N2O6S. The van der Waals surface area contributed by atoms with Crippen LogP contribution in [0.2, 0.25) is 0 Å². The minimum absolute atomic E-state index is 0.0566. The van der Waals surface area contributed by atoms with E-state index in [1.165, 1.54) is 25.1 Å². The number of fused-ring (bicyclic) bond motifs is 1. The molecule has 1 aliphatic heterocycles. The molecule has 0 atom stereocenters. The minimum Gasteiger partial charge on any atom is -0.506 e. The number of nitrogens with one attached hydrogen (secondary N) is 1. The highest BCUT2D eigenvalue weighted by Crippen LogP contribution is 2.27. The molecule has 27 heavy (non-hydrogen) atoms. The van der Waals surface area contributed by atoms with Gasteiger partial charge in [-0.3, -0.25) is 19.3 Å². The number of rotatable bonds is 5. The fourth-order valence-corrected chi connectivity index (χ4v) is 3.60. The first-order valence-electron chi connectivity index (χ1n) is 8.05. The lowest BCUT2D eigenvalue weighted by molar-refractivity contribution is -0.116. The van der Waals surface area contributed by atoms with Crippen LogP contribution in [0.3, 0.4) is 0 Å². The highest BCUT2D eigenvalue weighted by molar-refractivity contribution is 7.91. The van der Waals surface area contributed by atoms with Gasteiger partial charge in [-0.05, 0) is 30.3 Å². The van der Waals surface area contributed by atoms with Gasteiger partial charge in [0.15, 0.2) is 9.84 Å². The highest BCUT2D eigenvalue weighted by Gasteiger charge is 2.36. The Balaban J connectivity index is 1.79. The third kappa shape index (κ3) is 3.41. The fourth-order valence-electron chi connectivity index (χ4n) is 2.69. The average Bonchev–Trinajstić information content (AvgIpc) is 2.88. The number of aromatic hydroxyl groups is 1. The highest BCUT2D eigenvalue weighted by atomic mass is 32.2. The molecule has 3 rings (SSSR count). The van der Waals surface area contributed by atoms with Crippen LogP contribution in [0.15, 0.2) is 47.4 Å². The molecule has 0 spiro atoms. The molecule has 0 saturated heterocycles. The topological polar surface area (TPSA) is 121 Å². The number of carbonyl (C=O) groups excluding carboxylic acids is 3. The molecule has 8 nitrogen and oxygen atoms in total. The number of carbonyl (C=O) groups is 3. The predicted octanol–water partition coefficient (Wildman–Crippen LogP) is 1.42. The summed E-state index contributed by atoms with van der Waals surface area (Å²) in [6, 6.07) is 9.75. The number of imide groups is 1. The van der Waals surface area contributed by atoms with Gasteiger partial charge in [0.25, 0.3) is 11.8 Å². The molecular weight excluding hydrogens is 372 g/mol. The van der Waals surface area contributed by atoms with Gasteiger partial charge in [-0.25, -0.2) is 8.42 Å². The Bertz CT molecular complexity index is 1030. The Morgan fingerprint density at radius 2 is 1.67 bits per heavy atom. The standard InChI is InChI=1S/C18H16N2O6S/c1-2-27(25,26)11-7-8-15(21)14(9-11)19-16(22)10-20-17(23)12-5-3-4-6-13(12)18(20)24/h3-9,21H,2,10H2,1H3,(H,19,22). The van der Waals surface area contributed by atoms with Crippen LogP contribution < -0.4 is 5.32 Å². The van der Waals surface area contributed by atoms with Gasteiger partial charge >= 0.3 is 0 Å². The van der Waals surface area contributed by atoms with Gasteiger partial charge < -0.3 is 10.4 Å². The summed E-state index contributed by atoms with van der Waals surface area (Å²) >= 11 is 0. The summed E-state index contributed by atoms with van der Waals surface area (Å²) < 4.78 is 23.9. The first-order valence-corrected chi connectivity index (χ1v) is 9.70. The smallest absolute Gasteiger partial charge is 0.262 e. The van der Waals surface area contributed by atoms with E-state index in [4.69, 9.17) is 0 Å². The van der Waals surface area contributed by atoms with Crippen LogP contribution in [0.25, 0.3) is 0 Å². The van der Waals surface area contributed by atoms with E-state index in [-0.39, 0.29) is 33.2 Å². The van der Waals surface area contributed by atoms with Crippen LogP contribution in [0.5, 0.6) is 5.75 Å². The second-order valence-electron chi connectivity index (χ2n) is 5.87. The van der Waals surface area contributed by atoms with E-state index in [0.717, 1.165) is 17.0 Å². The zero-order valence-electron chi connectivity index (χ0n) is 14.3. The van der Waals surface area contributed by atoms with Crippen LogP contribution in [0.1, 0.15) is 27.6 Å². The summed E-state index contributed by atoms with van der Waals surface area (Å²) in [5, 5.41) is 12.2. The van der Waals surface area contributed by atoms with Crippen molar-refractivity contribution >= 4 is 33.2 Å². The molecule has 9 heteroatoms. The largest absolute Gasteiger partial charge is 0.506 e. The molecule has 1 heterocycles. The van der Waals surface area contributed by atoms with Crippen molar-refractivity contribution in [1.29, 1.82) is 0 Å². The summed E-state index contributed by atoms with van der Waals surface area (Å²) in [6.07, 6.45) is 0. The molecule has 2 N–H and O–H groups in total. The van der Waals surface area contributed by atoms with Crippen molar-refractivity contribution in [2.75, 3.05) is 17.6 Å². The number of anilines is 1. The van der Waals surface area contributed by atoms with Gasteiger partial charge in [0.1, 0.15) is 12.3 Å². The fraction of sp³-hybridized carbons (Fsp3) is 0.167. The van der Waals surface area contributed by atoms with Crippen molar-refractivity contribution in [3.05, 3.63) is 53.6 Å². The molecule has 0 bridgehead atoms. The van der Waals surface area contributed by atoms with Crippen LogP contribution in [0, 0.1) is 0 Å². The Kier molecular flexibility index (Phi) is 4.71. The van der Waals surface area contributed by atoms with Gasteiger partial charge in [-0.1, -0.05) is 19.1 Å². The molecule has 2 aromatic rings. The van der Waals surface area contributed by atoms with E-state index >= 15 is 0 Å². The Morgan fingerprint density at radius 3 is 2.22 bits per heavy atom. The molecule has 2 aromatic carbocycles. The normalized spacial score (nSPS) is 13.6. The molecule has 0 radical (unpaired) electrons. The van der Waals surface area contributed by atoms with Crippen LogP contribution in [0.4, 0.5) is 5.69 Å². The molecule has 0 aromatic heterocycles. The van der Waals surface area contributed by atoms with Crippen molar-refractivity contribution in [3.63, 3.8) is 0 Å². The van der Waals surface area contributed by atoms with Crippen LogP contribution in [-0.4, -0.2) is 48.4 Å². The molecule has 1 aliphatic rings. The second kappa shape index (κ2) is 6.84. The average molecular weight is 388 g/mol. The minimum atomic E-state index is -3.53. The summed E-state index contributed by atoms with van der Waals surface area (Å²) in [7, 11) is -3.53. The summed E-state index contributed by atoms with van der Waals surface area (Å²) in [6.45, 7) is 0.916. The quantitative estimate of drug-likeness (QED) is 0.590. The van der Waals surface area contributed by atoms with Crippen molar-refractivity contribution in [1.82, 2.24) is 4.90 Å². The number of phenolic OH excluding ortho intramolecular Hbond substituents is 1. The number of nitrogens with zero attached hydrogens (tertiary/aromatic N) is 1. The summed E-state index contributed by atoms with van der Waals surface area (Å²) in [4.78, 5) is 37.6. The predicted molar refractivity (Wildman–Crippen MR) is 96.3 cm³/mol. The van der Waals surface area contributed by atoms with Crippen molar-refractivity contribution in [2.45, 2.75) is 11.8 Å². The maximum Gasteiger partial charge on any atom is 0.262 e. The Morgan fingerprint density at radius 1 is 1.07 bits per heavy atom. The van der Waals surface area contributed by atoms with Gasteiger partial charge in [0.05, 0.1) is 27.5 Å². The third-order valence-corrected chi connectivity index (χ3v) is 5.89. The number of phenols is 1. The molecule has 0 aliphatic carbocycles. The van der Waals surface area contributed by atoms with Crippen molar-refractivity contribution < 1.29 is 27.9 Å². The zero-order chi connectivity index (χ0) is 19.8. The van der Waals surface area contributed by atoms with Gasteiger partial charge in [0.2, 0.25) is 5.91 Å². The Hall–Kier alpha value is -3.20. The van der Waals surface area contributed by atoms with E-state index in [2.05, 4.69) is 5.32 Å². The van der Waals surface area contributed by atoms with E-state index < -0.39 is 34.1 Å². The van der Waals surface area contributed by atoms with E-state index in [0.29, 0.717) is 0 Å². The number of amides is 3. The Labute approximate surface area is 155 Å². The SMILES string of the molecule is CCS(=O)(=O)c1ccc(O)c(NC(=O)CN2C(=O)c3ccccc3C2=O)c1. The molecule has 3 amide bonds. The first kappa shape index (κ1) is 18.6. The van der Waals surface area contributed by atoms with Gasteiger partial charge in [0, 0.05) is 0 Å². The summed E-state index contributed by atoms with van der Waals surface area (Å²) in [5.41, 5.74) is 0.314. The first-order chi connectivity index (χ1) is 12.7. The van der Waals surface area contributed by atoms with Gasteiger partial charge in [-0.2, -0.15) is 0 Å². The van der Waals surface area contributed by atoms with E-state index in [1.807, 2.05) is 0 Å². The molecule has 0 fully saturated rings. The maximum absolute atomic E-state index is 12.3. The van der Waals surface area contributed by atoms with Gasteiger partial charge in [-0.15, -0.1) is 0 Å². The van der Waals surface area contributed by atoms with Crippen molar-refractivity contribution in [3.8, 4) is 5.75 Å². The van der Waals surface area contributed by atoms with Crippen LogP contribution >= 0.6 is 0 Å². The molecule has 0 saturated carbocycles.